The standard InChI is InChI=1S/C56H49F5N6O4/c1-53(57,58)42-18-12-20-44(34-42)55(37-38-15-5-3-6-16-38,67-71-66-47-24-11-17-41(33-47)51(68)70-2)50-27-14-25-48(64-50)40-30-28-39(29-31-40)36-54(49-26-9-10-32-62-49,43-19-13-21-45(35-43)56(59,60)61)65-52(69)63-46-22-7-4-8-23-46/h3-35,52,63,65-67,69H,36-37H2,1-2H3/t52-,54?,55?/m0/s1. The Morgan fingerprint density at radius 2 is 1.18 bits per heavy atom. The number of halogens is 5. The Labute approximate surface area is 407 Å². The highest BCUT2D eigenvalue weighted by molar-refractivity contribution is 5.90. The predicted molar refractivity (Wildman–Crippen MR) is 262 cm³/mol. The summed E-state index contributed by atoms with van der Waals surface area (Å²) in [7, 11) is 1.28. The molecular formula is C56H49F5N6O4. The van der Waals surface area contributed by atoms with E-state index in [9.17, 15) is 23.1 Å². The number of aliphatic hydroxyl groups excluding tert-OH is 1. The topological polar surface area (TPSA) is 130 Å². The number of carbonyl (C=O) groups excluding carboxylic acids is 1. The first-order valence-corrected chi connectivity index (χ1v) is 22.5. The number of hydrogen-bond donors (Lipinski definition) is 5. The molecule has 3 atom stereocenters. The lowest BCUT2D eigenvalue weighted by atomic mass is 9.79. The van der Waals surface area contributed by atoms with Crippen LogP contribution >= 0.6 is 0 Å². The number of para-hydroxylation sites is 1. The van der Waals surface area contributed by atoms with Crippen molar-refractivity contribution in [3.63, 3.8) is 0 Å². The molecule has 0 aliphatic carbocycles. The van der Waals surface area contributed by atoms with E-state index in [1.54, 1.807) is 103 Å². The van der Waals surface area contributed by atoms with Crippen molar-refractivity contribution >= 4 is 17.3 Å². The molecule has 10 nitrogen and oxygen atoms in total. The van der Waals surface area contributed by atoms with E-state index in [1.807, 2.05) is 60.7 Å². The highest BCUT2D eigenvalue weighted by Crippen LogP contribution is 2.40. The minimum absolute atomic E-state index is 0.0297. The second-order valence-corrected chi connectivity index (χ2v) is 17.0. The fourth-order valence-corrected chi connectivity index (χ4v) is 8.47. The van der Waals surface area contributed by atoms with Gasteiger partial charge in [0.05, 0.1) is 46.5 Å². The average molecular weight is 965 g/mol. The number of esters is 1. The molecule has 0 spiro atoms. The van der Waals surface area contributed by atoms with Gasteiger partial charge in [-0.25, -0.2) is 19.1 Å². The number of alkyl halides is 5. The largest absolute Gasteiger partial charge is 0.465 e. The third kappa shape index (κ3) is 11.8. The zero-order valence-electron chi connectivity index (χ0n) is 38.5. The monoisotopic (exact) mass is 964 g/mol. The van der Waals surface area contributed by atoms with Crippen LogP contribution in [0, 0.1) is 0 Å². The summed E-state index contributed by atoms with van der Waals surface area (Å²) < 4.78 is 78.1. The fraction of sp³-hybridized carbons (Fsp3) is 0.161. The SMILES string of the molecule is COC(=O)c1cccc(NONC(Cc2ccccc2)(c2cccc(C(C)(F)F)c2)c2cccc(-c3ccc(CC(N[C@@H](O)Nc4ccccc4)(c4cccc(C(F)(F)F)c4)c4ccccn4)cc3)n2)c1. The van der Waals surface area contributed by atoms with Crippen LogP contribution in [0.2, 0.25) is 0 Å². The summed E-state index contributed by atoms with van der Waals surface area (Å²) in [5, 5.41) is 17.8. The summed E-state index contributed by atoms with van der Waals surface area (Å²) in [5.74, 6) is -3.75. The lowest BCUT2D eigenvalue weighted by Gasteiger charge is -2.38. The van der Waals surface area contributed by atoms with E-state index in [2.05, 4.69) is 26.6 Å². The van der Waals surface area contributed by atoms with Crippen LogP contribution in [-0.4, -0.2) is 34.5 Å². The van der Waals surface area contributed by atoms with Gasteiger partial charge in [-0.2, -0.15) is 23.6 Å². The van der Waals surface area contributed by atoms with Crippen LogP contribution in [0.1, 0.15) is 62.1 Å². The van der Waals surface area contributed by atoms with Crippen molar-refractivity contribution in [2.45, 2.75) is 49.3 Å². The van der Waals surface area contributed by atoms with Gasteiger partial charge in [-0.3, -0.25) is 15.3 Å². The normalized spacial score (nSPS) is 13.9. The number of nitrogens with zero attached hydrogens (tertiary/aromatic N) is 2. The maximum absolute atomic E-state index is 15.1. The van der Waals surface area contributed by atoms with Crippen molar-refractivity contribution < 1.29 is 41.5 Å². The van der Waals surface area contributed by atoms with E-state index in [0.717, 1.165) is 24.6 Å². The number of methoxy groups -OCH3 is 1. The van der Waals surface area contributed by atoms with Crippen molar-refractivity contribution in [3.8, 4) is 11.3 Å². The van der Waals surface area contributed by atoms with E-state index in [1.165, 1.54) is 31.4 Å². The predicted octanol–water partition coefficient (Wildman–Crippen LogP) is 11.6. The van der Waals surface area contributed by atoms with Gasteiger partial charge >= 0.3 is 12.1 Å². The van der Waals surface area contributed by atoms with Gasteiger partial charge in [0.1, 0.15) is 5.54 Å². The first kappa shape index (κ1) is 49.6. The zero-order valence-corrected chi connectivity index (χ0v) is 38.5. The van der Waals surface area contributed by atoms with E-state index in [0.29, 0.717) is 45.1 Å². The van der Waals surface area contributed by atoms with Crippen molar-refractivity contribution in [2.75, 3.05) is 17.9 Å². The number of aromatic nitrogens is 2. The van der Waals surface area contributed by atoms with Gasteiger partial charge in [0.2, 0.25) is 0 Å². The molecule has 0 saturated carbocycles. The Hall–Kier alpha value is -7.82. The lowest BCUT2D eigenvalue weighted by molar-refractivity contribution is -0.137. The molecule has 0 bridgehead atoms. The number of rotatable bonds is 19. The van der Waals surface area contributed by atoms with Gasteiger partial charge in [-0.15, -0.1) is 0 Å². The summed E-state index contributed by atoms with van der Waals surface area (Å²) in [5.41, 5.74) is 7.14. The maximum atomic E-state index is 15.1. The van der Waals surface area contributed by atoms with Gasteiger partial charge < -0.3 is 15.2 Å². The molecule has 71 heavy (non-hydrogen) atoms. The van der Waals surface area contributed by atoms with Crippen LogP contribution in [-0.2, 0) is 45.7 Å². The average Bonchev–Trinajstić information content (AvgIpc) is 3.38. The molecule has 2 aromatic heterocycles. The minimum atomic E-state index is -4.66. The molecule has 5 N–H and O–H groups in total. The molecule has 8 aromatic rings. The summed E-state index contributed by atoms with van der Waals surface area (Å²) in [6.07, 6.45) is -4.39. The molecule has 8 rings (SSSR count). The molecular weight excluding hydrogens is 916 g/mol. The number of anilines is 2. The maximum Gasteiger partial charge on any atom is 0.416 e. The van der Waals surface area contributed by atoms with E-state index in [4.69, 9.17) is 14.7 Å². The number of hydrogen-bond acceptors (Lipinski definition) is 10. The lowest BCUT2D eigenvalue weighted by Crippen LogP contribution is -2.53. The summed E-state index contributed by atoms with van der Waals surface area (Å²) in [6.45, 7) is 0.827. The third-order valence-electron chi connectivity index (χ3n) is 12.0. The van der Waals surface area contributed by atoms with Crippen molar-refractivity contribution in [1.82, 2.24) is 20.8 Å². The van der Waals surface area contributed by atoms with E-state index < -0.39 is 41.1 Å². The molecule has 0 aliphatic heterocycles. The Morgan fingerprint density at radius 1 is 0.606 bits per heavy atom. The quantitative estimate of drug-likeness (QED) is 0.0231. The molecule has 0 saturated heterocycles. The van der Waals surface area contributed by atoms with Crippen LogP contribution in [0.25, 0.3) is 11.3 Å². The Bertz CT molecular complexity index is 3040. The van der Waals surface area contributed by atoms with Crippen LogP contribution in [0.5, 0.6) is 0 Å². The first-order valence-electron chi connectivity index (χ1n) is 22.5. The summed E-state index contributed by atoms with van der Waals surface area (Å²) in [4.78, 5) is 28.2. The third-order valence-corrected chi connectivity index (χ3v) is 12.0. The fourth-order valence-electron chi connectivity index (χ4n) is 8.47. The van der Waals surface area contributed by atoms with Crippen molar-refractivity contribution in [2.24, 2.45) is 0 Å². The molecule has 362 valence electrons. The first-order chi connectivity index (χ1) is 34.1. The summed E-state index contributed by atoms with van der Waals surface area (Å²) >= 11 is 0. The van der Waals surface area contributed by atoms with Gasteiger partial charge in [0.15, 0.2) is 6.35 Å². The highest BCUT2D eigenvalue weighted by Gasteiger charge is 2.41. The Balaban J connectivity index is 1.20. The van der Waals surface area contributed by atoms with Crippen LogP contribution in [0.3, 0.4) is 0 Å². The zero-order chi connectivity index (χ0) is 50.1. The van der Waals surface area contributed by atoms with Gasteiger partial charge in [-0.05, 0) is 95.1 Å². The molecule has 15 heteroatoms. The molecule has 2 heterocycles. The van der Waals surface area contributed by atoms with Gasteiger partial charge in [-0.1, -0.05) is 121 Å². The van der Waals surface area contributed by atoms with Gasteiger partial charge in [0, 0.05) is 42.8 Å². The van der Waals surface area contributed by atoms with Crippen LogP contribution in [0.15, 0.2) is 200 Å². The number of benzene rings is 6. The number of pyridine rings is 2. The van der Waals surface area contributed by atoms with Gasteiger partial charge in [0.25, 0.3) is 5.92 Å². The Morgan fingerprint density at radius 3 is 1.86 bits per heavy atom. The van der Waals surface area contributed by atoms with Crippen molar-refractivity contribution in [1.29, 1.82) is 0 Å². The molecule has 6 aromatic carbocycles. The minimum Gasteiger partial charge on any atom is -0.465 e. The van der Waals surface area contributed by atoms with Crippen LogP contribution < -0.4 is 21.6 Å². The number of nitrogens with one attached hydrogen (secondary N) is 4. The smallest absolute Gasteiger partial charge is 0.416 e. The molecule has 0 radical (unpaired) electrons. The molecule has 0 amide bonds. The molecule has 0 aliphatic rings. The molecule has 2 unspecified atom stereocenters. The molecule has 0 fully saturated rings. The number of ether oxygens (including phenoxy) is 1. The number of hydroxylamine groups is 1. The number of carbonyl (C=O) groups is 1. The van der Waals surface area contributed by atoms with Crippen molar-refractivity contribution in [3.05, 3.63) is 251 Å². The van der Waals surface area contributed by atoms with E-state index >= 15 is 8.78 Å². The second-order valence-electron chi connectivity index (χ2n) is 17.0. The van der Waals surface area contributed by atoms with Crippen LogP contribution in [0.4, 0.5) is 33.3 Å². The highest BCUT2D eigenvalue weighted by atomic mass is 19.4. The Kier molecular flexibility index (Phi) is 15.0. The van der Waals surface area contributed by atoms with E-state index in [-0.39, 0.29) is 29.5 Å². The number of aliphatic hydroxyl groups is 1. The summed E-state index contributed by atoms with van der Waals surface area (Å²) in [6, 6.07) is 53.5. The second kappa shape index (κ2) is 21.4.